The molecule has 0 saturated carbocycles. The third-order valence-corrected chi connectivity index (χ3v) is 1.95. The van der Waals surface area contributed by atoms with Gasteiger partial charge in [-0.3, -0.25) is 4.79 Å². The van der Waals surface area contributed by atoms with E-state index in [0.717, 1.165) is 6.92 Å². The maximum Gasteiger partial charge on any atom is 0.300 e. The van der Waals surface area contributed by atoms with Crippen LogP contribution in [0.5, 0.6) is 0 Å². The van der Waals surface area contributed by atoms with Crippen molar-refractivity contribution in [3.05, 3.63) is 0 Å². The quantitative estimate of drug-likeness (QED) is 0.352. The van der Waals surface area contributed by atoms with E-state index in [1.54, 1.807) is 0 Å². The maximum absolute atomic E-state index is 9.42. The average molecular weight is 270 g/mol. The van der Waals surface area contributed by atoms with Crippen LogP contribution < -0.4 is 0 Å². The second-order valence-corrected chi connectivity index (χ2v) is 3.48. The number of methoxy groups -OCH3 is 2. The molecule has 0 saturated heterocycles. The monoisotopic (exact) mass is 270 g/mol. The SMILES string of the molecule is CC(=O)O.COC[C@@H](O)[C@@H](O)[C@H](O)[C@H](CO)OC. The highest BCUT2D eigenvalue weighted by molar-refractivity contribution is 5.62. The van der Waals surface area contributed by atoms with E-state index in [4.69, 9.17) is 19.7 Å². The summed E-state index contributed by atoms with van der Waals surface area (Å²) in [6.45, 7) is 0.550. The largest absolute Gasteiger partial charge is 0.481 e. The van der Waals surface area contributed by atoms with E-state index >= 15 is 0 Å². The number of carboxylic acid groups (broad SMARTS) is 1. The number of carbonyl (C=O) groups is 1. The summed E-state index contributed by atoms with van der Waals surface area (Å²) in [6, 6.07) is 0. The number of ether oxygens (including phenoxy) is 2. The van der Waals surface area contributed by atoms with Crippen molar-refractivity contribution in [3.63, 3.8) is 0 Å². The van der Waals surface area contributed by atoms with Crippen LogP contribution in [0.15, 0.2) is 0 Å². The predicted molar refractivity (Wildman–Crippen MR) is 61.1 cm³/mol. The normalized spacial score (nSPS) is 17.1. The summed E-state index contributed by atoms with van der Waals surface area (Å²) in [4.78, 5) is 9.00. The molecular formula is C10H22O8. The molecule has 0 bridgehead atoms. The van der Waals surface area contributed by atoms with Crippen LogP contribution in [0.25, 0.3) is 0 Å². The van der Waals surface area contributed by atoms with Gasteiger partial charge >= 0.3 is 0 Å². The lowest BCUT2D eigenvalue weighted by Gasteiger charge is -2.27. The Balaban J connectivity index is 0. The van der Waals surface area contributed by atoms with Crippen molar-refractivity contribution >= 4 is 5.97 Å². The van der Waals surface area contributed by atoms with Crippen LogP contribution in [-0.4, -0.2) is 83.4 Å². The van der Waals surface area contributed by atoms with Crippen molar-refractivity contribution < 1.29 is 39.8 Å². The van der Waals surface area contributed by atoms with Crippen LogP contribution in [0.2, 0.25) is 0 Å². The van der Waals surface area contributed by atoms with Gasteiger partial charge in [-0.15, -0.1) is 0 Å². The van der Waals surface area contributed by atoms with Gasteiger partial charge in [-0.2, -0.15) is 0 Å². The molecule has 0 unspecified atom stereocenters. The van der Waals surface area contributed by atoms with Crippen molar-refractivity contribution in [2.24, 2.45) is 0 Å². The Hall–Kier alpha value is -0.770. The highest BCUT2D eigenvalue weighted by Crippen LogP contribution is 2.07. The zero-order valence-electron chi connectivity index (χ0n) is 10.7. The molecule has 5 N–H and O–H groups in total. The fourth-order valence-corrected chi connectivity index (χ4v) is 1.04. The summed E-state index contributed by atoms with van der Waals surface area (Å²) in [6.07, 6.45) is -4.89. The Bertz CT molecular complexity index is 202. The number of aliphatic hydroxyl groups excluding tert-OH is 4. The van der Waals surface area contributed by atoms with Crippen LogP contribution in [0.4, 0.5) is 0 Å². The zero-order valence-corrected chi connectivity index (χ0v) is 10.7. The zero-order chi connectivity index (χ0) is 14.7. The summed E-state index contributed by atoms with van der Waals surface area (Å²) in [5.74, 6) is -0.833. The number of hydrogen-bond donors (Lipinski definition) is 5. The minimum atomic E-state index is -1.41. The van der Waals surface area contributed by atoms with Crippen LogP contribution in [0.1, 0.15) is 6.92 Å². The minimum Gasteiger partial charge on any atom is -0.481 e. The van der Waals surface area contributed by atoms with E-state index in [1.807, 2.05) is 0 Å². The second kappa shape index (κ2) is 11.3. The van der Waals surface area contributed by atoms with E-state index in [0.29, 0.717) is 0 Å². The van der Waals surface area contributed by atoms with Gasteiger partial charge in [0.2, 0.25) is 0 Å². The lowest BCUT2D eigenvalue weighted by Crippen LogP contribution is -2.47. The topological polar surface area (TPSA) is 137 Å². The van der Waals surface area contributed by atoms with Crippen LogP contribution in [-0.2, 0) is 14.3 Å². The smallest absolute Gasteiger partial charge is 0.300 e. The van der Waals surface area contributed by atoms with E-state index in [-0.39, 0.29) is 6.61 Å². The summed E-state index contributed by atoms with van der Waals surface area (Å²) < 4.78 is 9.30. The van der Waals surface area contributed by atoms with Crippen molar-refractivity contribution in [3.8, 4) is 0 Å². The first-order valence-corrected chi connectivity index (χ1v) is 5.18. The first-order chi connectivity index (χ1) is 8.31. The Morgan fingerprint density at radius 2 is 1.61 bits per heavy atom. The number of carboxylic acids is 1. The van der Waals surface area contributed by atoms with Gasteiger partial charge in [-0.05, 0) is 0 Å². The summed E-state index contributed by atoms with van der Waals surface area (Å²) in [5.41, 5.74) is 0. The fraction of sp³-hybridized carbons (Fsp3) is 0.900. The summed E-state index contributed by atoms with van der Waals surface area (Å²) in [7, 11) is 2.65. The van der Waals surface area contributed by atoms with Gasteiger partial charge < -0.3 is 35.0 Å². The van der Waals surface area contributed by atoms with Crippen LogP contribution in [0, 0.1) is 0 Å². The van der Waals surface area contributed by atoms with Gasteiger partial charge in [-0.25, -0.2) is 0 Å². The van der Waals surface area contributed by atoms with E-state index in [2.05, 4.69) is 4.74 Å². The van der Waals surface area contributed by atoms with E-state index < -0.39 is 37.0 Å². The summed E-state index contributed by atoms with van der Waals surface area (Å²) in [5, 5.41) is 44.2. The molecule has 0 radical (unpaired) electrons. The predicted octanol–water partition coefficient (Wildman–Crippen LogP) is -2.19. The van der Waals surface area contributed by atoms with Crippen LogP contribution in [0.3, 0.4) is 0 Å². The standard InChI is InChI=1S/C8H18O6.C2H4O2/c1-13-4-5(10)7(11)8(12)6(3-9)14-2;1-2(3)4/h5-12H,3-4H2,1-2H3;1H3,(H,3,4)/t5-,6+,7-,8-;/m1./s1. The van der Waals surface area contributed by atoms with Gasteiger partial charge in [0, 0.05) is 21.1 Å². The molecular weight excluding hydrogens is 248 g/mol. The third-order valence-electron chi connectivity index (χ3n) is 1.95. The molecule has 0 rings (SSSR count). The molecule has 0 amide bonds. The molecule has 0 aliphatic heterocycles. The molecule has 0 aliphatic rings. The molecule has 0 aromatic rings. The van der Waals surface area contributed by atoms with E-state index in [9.17, 15) is 15.3 Å². The Labute approximate surface area is 105 Å². The van der Waals surface area contributed by atoms with Gasteiger partial charge in [0.25, 0.3) is 5.97 Å². The van der Waals surface area contributed by atoms with Crippen LogP contribution >= 0.6 is 0 Å². The van der Waals surface area contributed by atoms with Crippen molar-refractivity contribution in [2.45, 2.75) is 31.3 Å². The minimum absolute atomic E-state index is 0.0971. The number of hydrogen-bond acceptors (Lipinski definition) is 7. The Morgan fingerprint density at radius 3 is 1.89 bits per heavy atom. The number of aliphatic carboxylic acids is 1. The highest BCUT2D eigenvalue weighted by Gasteiger charge is 2.30. The molecule has 0 aliphatic carbocycles. The number of aliphatic hydroxyl groups is 4. The number of rotatable bonds is 7. The fourth-order valence-electron chi connectivity index (χ4n) is 1.04. The molecule has 18 heavy (non-hydrogen) atoms. The average Bonchev–Trinajstić information content (AvgIpc) is 2.29. The Morgan fingerprint density at radius 1 is 1.17 bits per heavy atom. The lowest BCUT2D eigenvalue weighted by atomic mass is 10.0. The second-order valence-electron chi connectivity index (χ2n) is 3.48. The van der Waals surface area contributed by atoms with E-state index in [1.165, 1.54) is 14.2 Å². The first-order valence-electron chi connectivity index (χ1n) is 5.18. The van der Waals surface area contributed by atoms with Crippen molar-refractivity contribution in [2.75, 3.05) is 27.4 Å². The molecule has 0 heterocycles. The maximum atomic E-state index is 9.42. The third kappa shape index (κ3) is 9.28. The molecule has 0 aromatic heterocycles. The van der Waals surface area contributed by atoms with Gasteiger partial charge in [-0.1, -0.05) is 0 Å². The molecule has 0 spiro atoms. The molecule has 8 nitrogen and oxygen atoms in total. The summed E-state index contributed by atoms with van der Waals surface area (Å²) >= 11 is 0. The molecule has 0 fully saturated rings. The van der Waals surface area contributed by atoms with Gasteiger partial charge in [0.15, 0.2) is 0 Å². The van der Waals surface area contributed by atoms with Crippen molar-refractivity contribution in [1.29, 1.82) is 0 Å². The molecule has 8 heteroatoms. The van der Waals surface area contributed by atoms with Gasteiger partial charge in [0.1, 0.15) is 24.4 Å². The lowest BCUT2D eigenvalue weighted by molar-refractivity contribution is -0.134. The Kier molecular flexibility index (Phi) is 12.3. The highest BCUT2D eigenvalue weighted by atomic mass is 16.5. The molecule has 0 aromatic carbocycles. The molecule has 4 atom stereocenters. The van der Waals surface area contributed by atoms with Gasteiger partial charge in [0.05, 0.1) is 13.2 Å². The first kappa shape index (κ1) is 19.6. The van der Waals surface area contributed by atoms with Crippen molar-refractivity contribution in [1.82, 2.24) is 0 Å². The molecule has 110 valence electrons.